The van der Waals surface area contributed by atoms with Crippen molar-refractivity contribution in [2.45, 2.75) is 25.9 Å². The van der Waals surface area contributed by atoms with Crippen LogP contribution in [0.25, 0.3) is 0 Å². The molecule has 2 N–H and O–H groups in total. The van der Waals surface area contributed by atoms with Crippen LogP contribution in [-0.4, -0.2) is 37.5 Å². The summed E-state index contributed by atoms with van der Waals surface area (Å²) in [5, 5.41) is 11.9. The summed E-state index contributed by atoms with van der Waals surface area (Å²) in [5.74, 6) is 0.670. The lowest BCUT2D eigenvalue weighted by Gasteiger charge is -2.14. The van der Waals surface area contributed by atoms with Crippen LogP contribution in [0.2, 0.25) is 0 Å². The number of hydrogen-bond donors (Lipinski definition) is 2. The summed E-state index contributed by atoms with van der Waals surface area (Å²) >= 11 is 0. The van der Waals surface area contributed by atoms with Gasteiger partial charge >= 0.3 is 0 Å². The largest absolute Gasteiger partial charge is 0.396 e. The van der Waals surface area contributed by atoms with E-state index >= 15 is 0 Å². The third-order valence-corrected chi connectivity index (χ3v) is 2.45. The predicted molar refractivity (Wildman–Crippen MR) is 48.1 cm³/mol. The lowest BCUT2D eigenvalue weighted by Crippen LogP contribution is -2.28. The van der Waals surface area contributed by atoms with E-state index in [1.807, 2.05) is 0 Å². The van der Waals surface area contributed by atoms with Crippen LogP contribution in [0.15, 0.2) is 0 Å². The molecule has 0 saturated carbocycles. The van der Waals surface area contributed by atoms with Crippen LogP contribution in [0.4, 0.5) is 0 Å². The van der Waals surface area contributed by atoms with E-state index in [1.165, 1.54) is 6.42 Å². The van der Waals surface area contributed by atoms with Gasteiger partial charge in [-0.2, -0.15) is 0 Å². The summed E-state index contributed by atoms with van der Waals surface area (Å²) in [4.78, 5) is 0. The molecular weight excluding hydrogens is 154 g/mol. The highest BCUT2D eigenvalue weighted by atomic mass is 16.5. The van der Waals surface area contributed by atoms with Gasteiger partial charge in [-0.25, -0.2) is 0 Å². The molecule has 1 heterocycles. The maximum Gasteiger partial charge on any atom is 0.0588 e. The van der Waals surface area contributed by atoms with Gasteiger partial charge in [0.2, 0.25) is 0 Å². The molecule has 72 valence electrons. The first-order chi connectivity index (χ1) is 5.84. The molecule has 0 aromatic heterocycles. The van der Waals surface area contributed by atoms with E-state index in [4.69, 9.17) is 9.84 Å². The van der Waals surface area contributed by atoms with Crippen LogP contribution in [0.3, 0.4) is 0 Å². The van der Waals surface area contributed by atoms with Crippen molar-refractivity contribution in [3.05, 3.63) is 0 Å². The van der Waals surface area contributed by atoms with Gasteiger partial charge in [0.05, 0.1) is 6.10 Å². The maximum atomic E-state index is 8.55. The Morgan fingerprint density at radius 1 is 1.58 bits per heavy atom. The fourth-order valence-electron chi connectivity index (χ4n) is 1.54. The van der Waals surface area contributed by atoms with Crippen molar-refractivity contribution < 1.29 is 9.84 Å². The zero-order valence-corrected chi connectivity index (χ0v) is 7.75. The van der Waals surface area contributed by atoms with Crippen LogP contribution < -0.4 is 5.32 Å². The Hall–Kier alpha value is -0.120. The second kappa shape index (κ2) is 5.51. The van der Waals surface area contributed by atoms with Crippen LogP contribution in [0.5, 0.6) is 0 Å². The molecule has 1 rings (SSSR count). The highest BCUT2D eigenvalue weighted by Gasteiger charge is 2.23. The average Bonchev–Trinajstić information content (AvgIpc) is 2.46. The van der Waals surface area contributed by atoms with Gasteiger partial charge in [-0.05, 0) is 32.2 Å². The molecule has 1 aliphatic heterocycles. The number of aliphatic hydroxyl groups is 1. The van der Waals surface area contributed by atoms with Crippen molar-refractivity contribution >= 4 is 0 Å². The molecular formula is C9H19NO2. The Kier molecular flexibility index (Phi) is 4.58. The van der Waals surface area contributed by atoms with E-state index in [9.17, 15) is 0 Å². The number of nitrogens with one attached hydrogen (secondary N) is 1. The van der Waals surface area contributed by atoms with Gasteiger partial charge in [-0.1, -0.05) is 0 Å². The van der Waals surface area contributed by atoms with Crippen molar-refractivity contribution in [3.63, 3.8) is 0 Å². The van der Waals surface area contributed by atoms with Crippen molar-refractivity contribution in [2.75, 3.05) is 26.3 Å². The standard InChI is InChI=1S/C9H19NO2/c1-8-9(3-6-12-8)7-10-4-2-5-11/h8-11H,2-7H2,1H3. The Labute approximate surface area is 74.1 Å². The summed E-state index contributed by atoms with van der Waals surface area (Å²) in [5.41, 5.74) is 0. The van der Waals surface area contributed by atoms with E-state index in [0.717, 1.165) is 26.1 Å². The minimum absolute atomic E-state index is 0.281. The predicted octanol–water partition coefficient (Wildman–Crippen LogP) is 0.383. The van der Waals surface area contributed by atoms with Gasteiger partial charge in [0.15, 0.2) is 0 Å². The first-order valence-corrected chi connectivity index (χ1v) is 4.77. The van der Waals surface area contributed by atoms with Crippen molar-refractivity contribution in [3.8, 4) is 0 Å². The van der Waals surface area contributed by atoms with Gasteiger partial charge < -0.3 is 15.2 Å². The first kappa shape index (κ1) is 9.96. The first-order valence-electron chi connectivity index (χ1n) is 4.77. The summed E-state index contributed by atoms with van der Waals surface area (Å²) < 4.78 is 5.43. The Morgan fingerprint density at radius 3 is 3.00 bits per heavy atom. The molecule has 2 atom stereocenters. The molecule has 0 radical (unpaired) electrons. The van der Waals surface area contributed by atoms with Crippen LogP contribution in [0.1, 0.15) is 19.8 Å². The molecule has 12 heavy (non-hydrogen) atoms. The molecule has 1 fully saturated rings. The molecule has 2 unspecified atom stereocenters. The molecule has 1 aliphatic rings. The zero-order chi connectivity index (χ0) is 8.81. The zero-order valence-electron chi connectivity index (χ0n) is 7.75. The van der Waals surface area contributed by atoms with E-state index in [1.54, 1.807) is 0 Å². The average molecular weight is 173 g/mol. The third kappa shape index (κ3) is 3.09. The van der Waals surface area contributed by atoms with Crippen molar-refractivity contribution in [1.29, 1.82) is 0 Å². The van der Waals surface area contributed by atoms with Gasteiger partial charge in [0.1, 0.15) is 0 Å². The number of ether oxygens (including phenoxy) is 1. The van der Waals surface area contributed by atoms with Crippen LogP contribution >= 0.6 is 0 Å². The number of hydrogen-bond acceptors (Lipinski definition) is 3. The van der Waals surface area contributed by atoms with E-state index in [2.05, 4.69) is 12.2 Å². The lowest BCUT2D eigenvalue weighted by molar-refractivity contribution is 0.105. The normalized spacial score (nSPS) is 29.5. The van der Waals surface area contributed by atoms with Crippen LogP contribution in [0, 0.1) is 5.92 Å². The Bertz CT molecular complexity index is 119. The maximum absolute atomic E-state index is 8.55. The van der Waals surface area contributed by atoms with Crippen LogP contribution in [-0.2, 0) is 4.74 Å². The summed E-state index contributed by atoms with van der Waals surface area (Å²) in [6, 6.07) is 0. The lowest BCUT2D eigenvalue weighted by atomic mass is 10.0. The molecule has 3 nitrogen and oxygen atoms in total. The summed E-state index contributed by atoms with van der Waals surface area (Å²) in [6.45, 7) is 5.27. The fraction of sp³-hybridized carbons (Fsp3) is 1.00. The fourth-order valence-corrected chi connectivity index (χ4v) is 1.54. The minimum Gasteiger partial charge on any atom is -0.396 e. The second-order valence-corrected chi connectivity index (χ2v) is 3.41. The minimum atomic E-state index is 0.281. The summed E-state index contributed by atoms with van der Waals surface area (Å²) in [7, 11) is 0. The quantitative estimate of drug-likeness (QED) is 0.591. The molecule has 0 spiro atoms. The SMILES string of the molecule is CC1OCCC1CNCCCO. The molecule has 0 amide bonds. The second-order valence-electron chi connectivity index (χ2n) is 3.41. The highest BCUT2D eigenvalue weighted by Crippen LogP contribution is 2.18. The molecule has 0 aliphatic carbocycles. The smallest absolute Gasteiger partial charge is 0.0588 e. The molecule has 0 aromatic rings. The van der Waals surface area contributed by atoms with Gasteiger partial charge in [-0.3, -0.25) is 0 Å². The number of rotatable bonds is 5. The number of aliphatic hydroxyl groups excluding tert-OH is 1. The monoisotopic (exact) mass is 173 g/mol. The Balaban J connectivity index is 1.98. The molecule has 3 heteroatoms. The molecule has 1 saturated heterocycles. The molecule has 0 aromatic carbocycles. The third-order valence-electron chi connectivity index (χ3n) is 2.45. The van der Waals surface area contributed by atoms with Crippen molar-refractivity contribution in [1.82, 2.24) is 5.32 Å². The van der Waals surface area contributed by atoms with E-state index in [-0.39, 0.29) is 6.61 Å². The summed E-state index contributed by atoms with van der Waals surface area (Å²) in [6.07, 6.45) is 2.43. The molecule has 0 bridgehead atoms. The van der Waals surface area contributed by atoms with E-state index < -0.39 is 0 Å². The Morgan fingerprint density at radius 2 is 2.42 bits per heavy atom. The van der Waals surface area contributed by atoms with Crippen molar-refractivity contribution in [2.24, 2.45) is 5.92 Å². The van der Waals surface area contributed by atoms with E-state index in [0.29, 0.717) is 12.0 Å². The van der Waals surface area contributed by atoms with Gasteiger partial charge in [-0.15, -0.1) is 0 Å². The highest BCUT2D eigenvalue weighted by molar-refractivity contribution is 4.74. The van der Waals surface area contributed by atoms with Gasteiger partial charge in [0, 0.05) is 19.8 Å². The van der Waals surface area contributed by atoms with Gasteiger partial charge in [0.25, 0.3) is 0 Å². The topological polar surface area (TPSA) is 41.5 Å².